The van der Waals surface area contributed by atoms with Gasteiger partial charge in [-0.1, -0.05) is 5.16 Å². The molecule has 0 N–H and O–H groups in total. The molecule has 84 valence electrons. The van der Waals surface area contributed by atoms with Crippen LogP contribution in [0.25, 0.3) is 11.3 Å². The predicted molar refractivity (Wildman–Crippen MR) is 62.7 cm³/mol. The van der Waals surface area contributed by atoms with Crippen LogP contribution >= 0.6 is 0 Å². The number of hydrogen-bond acceptors (Lipinski definition) is 3. The first-order valence-electron chi connectivity index (χ1n) is 5.20. The standard InChI is InChI=1S/C13H15NO2/c1-8-5-11(12(15-4)6-9(8)2)13-7-10(3)14-16-13/h5-7H,1-4H3. The predicted octanol–water partition coefficient (Wildman–Crippen LogP) is 3.28. The molecule has 1 aromatic heterocycles. The van der Waals surface area contributed by atoms with Crippen molar-refractivity contribution in [2.75, 3.05) is 7.11 Å². The number of ether oxygens (including phenoxy) is 1. The van der Waals surface area contributed by atoms with Crippen LogP contribution in [0.3, 0.4) is 0 Å². The van der Waals surface area contributed by atoms with Crippen molar-refractivity contribution in [3.05, 3.63) is 35.0 Å². The fourth-order valence-corrected chi connectivity index (χ4v) is 1.64. The summed E-state index contributed by atoms with van der Waals surface area (Å²) in [6.45, 7) is 6.04. The van der Waals surface area contributed by atoms with Crippen molar-refractivity contribution in [2.45, 2.75) is 20.8 Å². The van der Waals surface area contributed by atoms with Gasteiger partial charge in [-0.05, 0) is 44.0 Å². The molecule has 2 rings (SSSR count). The van der Waals surface area contributed by atoms with Crippen LogP contribution in [0, 0.1) is 20.8 Å². The molecule has 0 atom stereocenters. The Kier molecular flexibility index (Phi) is 2.69. The Labute approximate surface area is 95.0 Å². The van der Waals surface area contributed by atoms with E-state index in [1.807, 2.05) is 19.1 Å². The van der Waals surface area contributed by atoms with E-state index in [0.717, 1.165) is 22.8 Å². The van der Waals surface area contributed by atoms with E-state index in [1.165, 1.54) is 11.1 Å². The first-order valence-corrected chi connectivity index (χ1v) is 5.20. The summed E-state index contributed by atoms with van der Waals surface area (Å²) in [5.74, 6) is 1.57. The van der Waals surface area contributed by atoms with E-state index in [4.69, 9.17) is 9.26 Å². The minimum Gasteiger partial charge on any atom is -0.496 e. The minimum absolute atomic E-state index is 0.748. The van der Waals surface area contributed by atoms with E-state index in [1.54, 1.807) is 7.11 Å². The van der Waals surface area contributed by atoms with Crippen LogP contribution < -0.4 is 4.74 Å². The Hall–Kier alpha value is -1.77. The van der Waals surface area contributed by atoms with Gasteiger partial charge in [-0.15, -0.1) is 0 Å². The molecule has 1 aromatic carbocycles. The van der Waals surface area contributed by atoms with E-state index >= 15 is 0 Å². The highest BCUT2D eigenvalue weighted by molar-refractivity contribution is 5.67. The molecule has 16 heavy (non-hydrogen) atoms. The Balaban J connectivity index is 2.59. The van der Waals surface area contributed by atoms with Crippen molar-refractivity contribution in [1.29, 1.82) is 0 Å². The first-order chi connectivity index (χ1) is 7.61. The fraction of sp³-hybridized carbons (Fsp3) is 0.308. The van der Waals surface area contributed by atoms with Crippen molar-refractivity contribution in [1.82, 2.24) is 5.16 Å². The van der Waals surface area contributed by atoms with Gasteiger partial charge in [0.05, 0.1) is 18.4 Å². The van der Waals surface area contributed by atoms with Crippen LogP contribution in [0.5, 0.6) is 5.75 Å². The molecule has 0 spiro atoms. The number of aromatic nitrogens is 1. The Morgan fingerprint density at radius 1 is 1.06 bits per heavy atom. The van der Waals surface area contributed by atoms with Crippen LogP contribution in [-0.4, -0.2) is 12.3 Å². The van der Waals surface area contributed by atoms with Gasteiger partial charge in [-0.3, -0.25) is 0 Å². The molecular formula is C13H15NO2. The van der Waals surface area contributed by atoms with E-state index in [0.29, 0.717) is 0 Å². The lowest BCUT2D eigenvalue weighted by Crippen LogP contribution is -1.90. The number of hydrogen-bond donors (Lipinski definition) is 0. The van der Waals surface area contributed by atoms with Crippen LogP contribution in [0.1, 0.15) is 16.8 Å². The number of methoxy groups -OCH3 is 1. The molecule has 0 aliphatic rings. The summed E-state index contributed by atoms with van der Waals surface area (Å²) in [7, 11) is 1.66. The lowest BCUT2D eigenvalue weighted by atomic mass is 10.0. The van der Waals surface area contributed by atoms with Gasteiger partial charge >= 0.3 is 0 Å². The first kappa shape index (κ1) is 10.7. The van der Waals surface area contributed by atoms with Crippen molar-refractivity contribution < 1.29 is 9.26 Å². The van der Waals surface area contributed by atoms with E-state index in [2.05, 4.69) is 25.1 Å². The third-order valence-electron chi connectivity index (χ3n) is 2.71. The fourth-order valence-electron chi connectivity index (χ4n) is 1.64. The minimum atomic E-state index is 0.748. The summed E-state index contributed by atoms with van der Waals surface area (Å²) in [4.78, 5) is 0. The van der Waals surface area contributed by atoms with Crippen molar-refractivity contribution in [3.8, 4) is 17.1 Å². The topological polar surface area (TPSA) is 35.3 Å². The Morgan fingerprint density at radius 3 is 2.31 bits per heavy atom. The van der Waals surface area contributed by atoms with Gasteiger partial charge in [0, 0.05) is 6.07 Å². The molecule has 3 nitrogen and oxygen atoms in total. The zero-order valence-electron chi connectivity index (χ0n) is 10.00. The van der Waals surface area contributed by atoms with E-state index in [-0.39, 0.29) is 0 Å². The quantitative estimate of drug-likeness (QED) is 0.774. The summed E-state index contributed by atoms with van der Waals surface area (Å²) >= 11 is 0. The number of aryl methyl sites for hydroxylation is 3. The molecule has 0 radical (unpaired) electrons. The lowest BCUT2D eigenvalue weighted by Gasteiger charge is -2.09. The van der Waals surface area contributed by atoms with Crippen molar-refractivity contribution >= 4 is 0 Å². The van der Waals surface area contributed by atoms with Gasteiger partial charge in [-0.2, -0.15) is 0 Å². The Morgan fingerprint density at radius 2 is 1.75 bits per heavy atom. The monoisotopic (exact) mass is 217 g/mol. The molecule has 0 saturated carbocycles. The summed E-state index contributed by atoms with van der Waals surface area (Å²) < 4.78 is 10.6. The molecule has 0 saturated heterocycles. The average Bonchev–Trinajstić information content (AvgIpc) is 2.68. The highest BCUT2D eigenvalue weighted by Crippen LogP contribution is 2.32. The zero-order valence-corrected chi connectivity index (χ0v) is 10.00. The van der Waals surface area contributed by atoms with Crippen LogP contribution in [0.15, 0.2) is 22.7 Å². The summed E-state index contributed by atoms with van der Waals surface area (Å²) in [6.07, 6.45) is 0. The molecular weight excluding hydrogens is 202 g/mol. The van der Waals surface area contributed by atoms with Gasteiger partial charge in [0.25, 0.3) is 0 Å². The second-order valence-corrected chi connectivity index (χ2v) is 3.97. The number of rotatable bonds is 2. The van der Waals surface area contributed by atoms with Gasteiger partial charge in [0.2, 0.25) is 0 Å². The van der Waals surface area contributed by atoms with Gasteiger partial charge in [-0.25, -0.2) is 0 Å². The average molecular weight is 217 g/mol. The molecule has 1 heterocycles. The number of nitrogens with zero attached hydrogens (tertiary/aromatic N) is 1. The van der Waals surface area contributed by atoms with Crippen LogP contribution in [0.2, 0.25) is 0 Å². The Bertz CT molecular complexity index is 515. The highest BCUT2D eigenvalue weighted by Gasteiger charge is 2.12. The lowest BCUT2D eigenvalue weighted by molar-refractivity contribution is 0.404. The van der Waals surface area contributed by atoms with Crippen LogP contribution in [-0.2, 0) is 0 Å². The van der Waals surface area contributed by atoms with E-state index in [9.17, 15) is 0 Å². The molecule has 3 heteroatoms. The summed E-state index contributed by atoms with van der Waals surface area (Å²) in [5.41, 5.74) is 4.24. The largest absolute Gasteiger partial charge is 0.496 e. The second-order valence-electron chi connectivity index (χ2n) is 3.97. The SMILES string of the molecule is COc1cc(C)c(C)cc1-c1cc(C)no1. The van der Waals surface area contributed by atoms with Crippen LogP contribution in [0.4, 0.5) is 0 Å². The van der Waals surface area contributed by atoms with Gasteiger partial charge < -0.3 is 9.26 Å². The third-order valence-corrected chi connectivity index (χ3v) is 2.71. The van der Waals surface area contributed by atoms with E-state index < -0.39 is 0 Å². The summed E-state index contributed by atoms with van der Waals surface area (Å²) in [6, 6.07) is 5.99. The maximum Gasteiger partial charge on any atom is 0.170 e. The maximum absolute atomic E-state index is 5.36. The van der Waals surface area contributed by atoms with Crippen molar-refractivity contribution in [3.63, 3.8) is 0 Å². The highest BCUT2D eigenvalue weighted by atomic mass is 16.5. The van der Waals surface area contributed by atoms with Crippen molar-refractivity contribution in [2.24, 2.45) is 0 Å². The molecule has 0 unspecified atom stereocenters. The normalized spacial score (nSPS) is 10.5. The van der Waals surface area contributed by atoms with Gasteiger partial charge in [0.15, 0.2) is 5.76 Å². The number of benzene rings is 1. The molecule has 0 bridgehead atoms. The molecule has 0 aliphatic carbocycles. The molecule has 0 aliphatic heterocycles. The molecule has 0 fully saturated rings. The second kappa shape index (κ2) is 4.00. The zero-order chi connectivity index (χ0) is 11.7. The smallest absolute Gasteiger partial charge is 0.170 e. The van der Waals surface area contributed by atoms with Gasteiger partial charge in [0.1, 0.15) is 5.75 Å². The third kappa shape index (κ3) is 1.81. The summed E-state index contributed by atoms with van der Waals surface area (Å²) in [5, 5.41) is 3.89. The molecule has 0 amide bonds. The maximum atomic E-state index is 5.36. The molecule has 2 aromatic rings.